The molecule has 0 heterocycles. The summed E-state index contributed by atoms with van der Waals surface area (Å²) in [6, 6.07) is 0. The van der Waals surface area contributed by atoms with Gasteiger partial charge < -0.3 is 10.2 Å². The van der Waals surface area contributed by atoms with Crippen molar-refractivity contribution in [2.24, 2.45) is 0 Å². The first-order valence-corrected chi connectivity index (χ1v) is 1.58. The predicted molar refractivity (Wildman–Crippen MR) is 20.1 cm³/mol. The maximum absolute atomic E-state index is 9.33. The molecule has 32 valence electrons. The van der Waals surface area contributed by atoms with Crippen LogP contribution in [0.5, 0.6) is 0 Å². The van der Waals surface area contributed by atoms with Crippen LogP contribution < -0.4 is 10.2 Å². The molecule has 0 aromatic carbocycles. The fraction of sp³-hybridized carbons (Fsp3) is 1.00. The van der Waals surface area contributed by atoms with Gasteiger partial charge in [0.05, 0.1) is 0 Å². The van der Waals surface area contributed by atoms with Crippen molar-refractivity contribution in [3.63, 3.8) is 0 Å². The van der Waals surface area contributed by atoms with Gasteiger partial charge in [-0.1, -0.05) is 6.42 Å². The van der Waals surface area contributed by atoms with Gasteiger partial charge in [0.15, 0.2) is 0 Å². The quantitative estimate of drug-likeness (QED) is 0.365. The van der Waals surface area contributed by atoms with Crippen LogP contribution in [0, 0.1) is 0 Å². The predicted octanol–water partition coefficient (Wildman–Crippen LogP) is -2.28. The van der Waals surface area contributed by atoms with E-state index in [4.69, 9.17) is 0 Å². The standard InChI is InChI=1S/C3H6O2.Mg/c4-2-1-3-5;/h1-3H2;/q-2;+2. The van der Waals surface area contributed by atoms with E-state index in [0.717, 1.165) is 0 Å². The minimum absolute atomic E-state index is 0. The van der Waals surface area contributed by atoms with E-state index in [1.54, 1.807) is 0 Å². The fourth-order valence-corrected chi connectivity index (χ4v) is 0.0589. The first-order chi connectivity index (χ1) is 2.41. The van der Waals surface area contributed by atoms with E-state index in [1.807, 2.05) is 0 Å². The Hall–Kier alpha value is 0.686. The zero-order valence-electron chi connectivity index (χ0n) is 3.64. The van der Waals surface area contributed by atoms with Crippen molar-refractivity contribution < 1.29 is 10.2 Å². The van der Waals surface area contributed by atoms with Gasteiger partial charge in [-0.2, -0.15) is 0 Å². The Kier molecular flexibility index (Phi) is 15.1. The molecule has 0 aromatic rings. The van der Waals surface area contributed by atoms with E-state index in [9.17, 15) is 10.2 Å². The van der Waals surface area contributed by atoms with E-state index in [0.29, 0.717) is 0 Å². The molecule has 0 saturated heterocycles. The van der Waals surface area contributed by atoms with Crippen LogP contribution >= 0.6 is 0 Å². The maximum Gasteiger partial charge on any atom is 2.00 e. The molecule has 0 aliphatic rings. The van der Waals surface area contributed by atoms with Gasteiger partial charge in [-0.3, -0.25) is 0 Å². The molecule has 0 atom stereocenters. The van der Waals surface area contributed by atoms with Gasteiger partial charge in [0, 0.05) is 0 Å². The summed E-state index contributed by atoms with van der Waals surface area (Å²) in [6.45, 7) is -0.438. The summed E-state index contributed by atoms with van der Waals surface area (Å²) >= 11 is 0. The molecule has 0 rings (SSSR count). The van der Waals surface area contributed by atoms with E-state index < -0.39 is 0 Å². The van der Waals surface area contributed by atoms with Crippen LogP contribution in [-0.4, -0.2) is 36.3 Å². The second kappa shape index (κ2) is 9.19. The molecular formula is C3H6MgO2. The Morgan fingerprint density at radius 2 is 1.33 bits per heavy atom. The maximum atomic E-state index is 9.33. The summed E-state index contributed by atoms with van der Waals surface area (Å²) in [4.78, 5) is 0. The molecular weight excluding hydrogens is 92.3 g/mol. The molecule has 6 heavy (non-hydrogen) atoms. The van der Waals surface area contributed by atoms with Crippen LogP contribution in [0.25, 0.3) is 0 Å². The van der Waals surface area contributed by atoms with Crippen LogP contribution in [0.4, 0.5) is 0 Å². The average Bonchev–Trinajstić information content (AvgIpc) is 1.41. The Morgan fingerprint density at radius 3 is 1.33 bits per heavy atom. The summed E-state index contributed by atoms with van der Waals surface area (Å²) in [6.07, 6.45) is 0.278. The van der Waals surface area contributed by atoms with Crippen molar-refractivity contribution in [3.8, 4) is 0 Å². The van der Waals surface area contributed by atoms with Crippen molar-refractivity contribution in [2.75, 3.05) is 13.2 Å². The van der Waals surface area contributed by atoms with Crippen LogP contribution in [0.1, 0.15) is 6.42 Å². The van der Waals surface area contributed by atoms with Crippen molar-refractivity contribution >= 4 is 23.1 Å². The first-order valence-electron chi connectivity index (χ1n) is 1.58. The van der Waals surface area contributed by atoms with Gasteiger partial charge in [-0.05, 0) is 0 Å². The average molecular weight is 98.4 g/mol. The third-order valence-corrected chi connectivity index (χ3v) is 0.289. The molecule has 0 spiro atoms. The largest absolute Gasteiger partial charge is 2.00 e. The van der Waals surface area contributed by atoms with Crippen molar-refractivity contribution in [1.29, 1.82) is 0 Å². The Morgan fingerprint density at radius 1 is 1.00 bits per heavy atom. The Bertz CT molecular complexity index is 16.3. The second-order valence-corrected chi connectivity index (χ2v) is 0.762. The smallest absolute Gasteiger partial charge is 0.854 e. The van der Waals surface area contributed by atoms with Gasteiger partial charge in [0.1, 0.15) is 0 Å². The summed E-state index contributed by atoms with van der Waals surface area (Å²) in [5.41, 5.74) is 0. The minimum Gasteiger partial charge on any atom is -0.854 e. The summed E-state index contributed by atoms with van der Waals surface area (Å²) < 4.78 is 0. The molecule has 0 aromatic heterocycles. The number of hydrogen-bond donors (Lipinski definition) is 0. The van der Waals surface area contributed by atoms with Crippen molar-refractivity contribution in [3.05, 3.63) is 0 Å². The zero-order chi connectivity index (χ0) is 4.12. The zero-order valence-corrected chi connectivity index (χ0v) is 5.06. The van der Waals surface area contributed by atoms with E-state index >= 15 is 0 Å². The molecule has 0 bridgehead atoms. The molecule has 0 saturated carbocycles. The molecule has 0 fully saturated rings. The molecule has 0 amide bonds. The third-order valence-electron chi connectivity index (χ3n) is 0.289. The van der Waals surface area contributed by atoms with Gasteiger partial charge in [0.2, 0.25) is 0 Å². The normalized spacial score (nSPS) is 7.00. The number of hydrogen-bond acceptors (Lipinski definition) is 2. The summed E-state index contributed by atoms with van der Waals surface area (Å²) in [7, 11) is 0. The van der Waals surface area contributed by atoms with E-state index in [1.165, 1.54) is 0 Å². The summed E-state index contributed by atoms with van der Waals surface area (Å²) in [5.74, 6) is 0. The van der Waals surface area contributed by atoms with Crippen LogP contribution in [0.3, 0.4) is 0 Å². The molecule has 0 aliphatic carbocycles. The first kappa shape index (κ1) is 9.84. The topological polar surface area (TPSA) is 46.1 Å². The van der Waals surface area contributed by atoms with Crippen molar-refractivity contribution in [1.82, 2.24) is 0 Å². The van der Waals surface area contributed by atoms with Gasteiger partial charge in [-0.25, -0.2) is 0 Å². The molecule has 0 unspecified atom stereocenters. The van der Waals surface area contributed by atoms with Gasteiger partial charge in [0.25, 0.3) is 0 Å². The van der Waals surface area contributed by atoms with Gasteiger partial charge in [-0.15, -0.1) is 13.2 Å². The van der Waals surface area contributed by atoms with Crippen LogP contribution in [0.15, 0.2) is 0 Å². The molecule has 2 nitrogen and oxygen atoms in total. The third kappa shape index (κ3) is 8.82. The summed E-state index contributed by atoms with van der Waals surface area (Å²) in [5, 5.41) is 18.7. The molecule has 0 radical (unpaired) electrons. The Balaban J connectivity index is 0. The van der Waals surface area contributed by atoms with Crippen molar-refractivity contribution in [2.45, 2.75) is 6.42 Å². The van der Waals surface area contributed by atoms with Crippen LogP contribution in [0.2, 0.25) is 0 Å². The molecule has 0 aliphatic heterocycles. The molecule has 0 N–H and O–H groups in total. The fourth-order valence-electron chi connectivity index (χ4n) is 0.0589. The second-order valence-electron chi connectivity index (χ2n) is 0.762. The van der Waals surface area contributed by atoms with Crippen LogP contribution in [-0.2, 0) is 0 Å². The minimum atomic E-state index is -0.219. The number of rotatable bonds is 2. The monoisotopic (exact) mass is 98.0 g/mol. The van der Waals surface area contributed by atoms with E-state index in [2.05, 4.69) is 0 Å². The van der Waals surface area contributed by atoms with Gasteiger partial charge >= 0.3 is 23.1 Å². The Labute approximate surface area is 53.3 Å². The SMILES string of the molecule is [Mg+2].[O-]CCC[O-]. The van der Waals surface area contributed by atoms with E-state index in [-0.39, 0.29) is 42.7 Å². The molecule has 3 heteroatoms.